The van der Waals surface area contributed by atoms with Crippen LogP contribution in [0.3, 0.4) is 0 Å². The molecule has 0 amide bonds. The van der Waals surface area contributed by atoms with Crippen molar-refractivity contribution in [3.63, 3.8) is 0 Å². The molecule has 2 aromatic rings. The highest BCUT2D eigenvalue weighted by molar-refractivity contribution is 6.32. The molecule has 0 radical (unpaired) electrons. The first kappa shape index (κ1) is 22.8. The average Bonchev–Trinajstić information content (AvgIpc) is 2.72. The molecule has 0 saturated carbocycles. The predicted octanol–water partition coefficient (Wildman–Crippen LogP) is 6.68. The summed E-state index contributed by atoms with van der Waals surface area (Å²) in [6.45, 7) is 4.63. The third kappa shape index (κ3) is 7.44. The van der Waals surface area contributed by atoms with Gasteiger partial charge in [-0.2, -0.15) is 5.26 Å². The van der Waals surface area contributed by atoms with Crippen LogP contribution in [-0.4, -0.2) is 12.6 Å². The lowest BCUT2D eigenvalue weighted by Gasteiger charge is -2.19. The third-order valence-electron chi connectivity index (χ3n) is 4.76. The molecule has 0 N–H and O–H groups in total. The lowest BCUT2D eigenvalue weighted by molar-refractivity contribution is 0.0734. The molecule has 0 heterocycles. The molecular formula is C24H28ClNO3. The molecule has 2 rings (SSSR count). The Morgan fingerprint density at radius 1 is 1.10 bits per heavy atom. The van der Waals surface area contributed by atoms with E-state index in [0.29, 0.717) is 28.0 Å². The van der Waals surface area contributed by atoms with Gasteiger partial charge >= 0.3 is 5.97 Å². The van der Waals surface area contributed by atoms with E-state index in [2.05, 4.69) is 19.9 Å². The van der Waals surface area contributed by atoms with Crippen molar-refractivity contribution >= 4 is 17.6 Å². The number of halogens is 1. The first-order valence-corrected chi connectivity index (χ1v) is 10.5. The van der Waals surface area contributed by atoms with Gasteiger partial charge in [0.2, 0.25) is 0 Å². The first-order chi connectivity index (χ1) is 14.1. The number of hydrogen-bond acceptors (Lipinski definition) is 4. The second-order valence-corrected chi connectivity index (χ2v) is 7.57. The van der Waals surface area contributed by atoms with E-state index in [4.69, 9.17) is 21.1 Å². The molecule has 1 unspecified atom stereocenters. The fourth-order valence-electron chi connectivity index (χ4n) is 3.35. The zero-order chi connectivity index (χ0) is 21.1. The van der Waals surface area contributed by atoms with Crippen molar-refractivity contribution < 1.29 is 14.3 Å². The maximum Gasteiger partial charge on any atom is 0.343 e. The van der Waals surface area contributed by atoms with Gasteiger partial charge in [0.15, 0.2) is 0 Å². The van der Waals surface area contributed by atoms with Gasteiger partial charge < -0.3 is 9.47 Å². The average molecular weight is 414 g/mol. The molecule has 29 heavy (non-hydrogen) atoms. The van der Waals surface area contributed by atoms with Gasteiger partial charge in [-0.05, 0) is 42.7 Å². The zero-order valence-electron chi connectivity index (χ0n) is 17.1. The smallest absolute Gasteiger partial charge is 0.343 e. The molecule has 0 bridgehead atoms. The van der Waals surface area contributed by atoms with Crippen LogP contribution in [0.1, 0.15) is 56.3 Å². The van der Waals surface area contributed by atoms with Gasteiger partial charge in [0.05, 0.1) is 22.6 Å². The van der Waals surface area contributed by atoms with Crippen LogP contribution < -0.4 is 9.47 Å². The van der Waals surface area contributed by atoms with Gasteiger partial charge in [-0.1, -0.05) is 69.3 Å². The Morgan fingerprint density at radius 2 is 1.79 bits per heavy atom. The van der Waals surface area contributed by atoms with Crippen molar-refractivity contribution in [3.05, 3.63) is 59.1 Å². The van der Waals surface area contributed by atoms with Crippen molar-refractivity contribution in [2.24, 2.45) is 11.8 Å². The lowest BCUT2D eigenvalue weighted by Crippen LogP contribution is -2.15. The Kier molecular flexibility index (Phi) is 9.53. The van der Waals surface area contributed by atoms with Crippen LogP contribution >= 0.6 is 11.6 Å². The molecule has 0 aliphatic carbocycles. The van der Waals surface area contributed by atoms with E-state index >= 15 is 0 Å². The van der Waals surface area contributed by atoms with Crippen molar-refractivity contribution in [2.45, 2.75) is 46.0 Å². The fraction of sp³-hybridized carbons (Fsp3) is 0.417. The Labute approximate surface area is 178 Å². The van der Waals surface area contributed by atoms with E-state index in [1.807, 2.05) is 6.07 Å². The monoisotopic (exact) mass is 413 g/mol. The van der Waals surface area contributed by atoms with Gasteiger partial charge in [0.1, 0.15) is 18.1 Å². The number of nitriles is 1. The molecule has 0 fully saturated rings. The van der Waals surface area contributed by atoms with Crippen molar-refractivity contribution in [1.82, 2.24) is 0 Å². The number of rotatable bonds is 11. The molecule has 1 atom stereocenters. The number of carbonyl (C=O) groups is 1. The number of benzene rings is 2. The third-order valence-corrected chi connectivity index (χ3v) is 5.05. The Hall–Kier alpha value is -2.51. The molecule has 0 aliphatic heterocycles. The minimum atomic E-state index is -0.485. The molecule has 0 aliphatic rings. The van der Waals surface area contributed by atoms with Crippen LogP contribution in [0.15, 0.2) is 48.5 Å². The van der Waals surface area contributed by atoms with Gasteiger partial charge in [0.25, 0.3) is 0 Å². The van der Waals surface area contributed by atoms with Crippen LogP contribution in [0.2, 0.25) is 5.02 Å². The highest BCUT2D eigenvalue weighted by atomic mass is 35.5. The Bertz CT molecular complexity index is 811. The summed E-state index contributed by atoms with van der Waals surface area (Å²) in [5.41, 5.74) is 0.342. The number of para-hydroxylation sites is 1. The normalized spacial score (nSPS) is 11.7. The van der Waals surface area contributed by atoms with Crippen molar-refractivity contribution in [1.29, 1.82) is 5.26 Å². The standard InChI is InChI=1S/C24H28ClNO3/c1-3-8-18(9-4-2)14-19(16-26)17-28-23-13-12-20(15-22(23)25)24(27)29-21-10-6-5-7-11-21/h5-7,10-13,15,18-19H,3-4,8-9,14,17H2,1-2H3. The summed E-state index contributed by atoms with van der Waals surface area (Å²) in [6.07, 6.45) is 5.33. The van der Waals surface area contributed by atoms with E-state index in [0.717, 1.165) is 32.1 Å². The number of ether oxygens (including phenoxy) is 2. The summed E-state index contributed by atoms with van der Waals surface area (Å²) >= 11 is 6.29. The second kappa shape index (κ2) is 12.1. The summed E-state index contributed by atoms with van der Waals surface area (Å²) in [5, 5.41) is 9.81. The summed E-state index contributed by atoms with van der Waals surface area (Å²) in [4.78, 5) is 12.3. The highest BCUT2D eigenvalue weighted by Crippen LogP contribution is 2.28. The Morgan fingerprint density at radius 3 is 2.38 bits per heavy atom. The minimum Gasteiger partial charge on any atom is -0.491 e. The van der Waals surface area contributed by atoms with Crippen LogP contribution in [-0.2, 0) is 0 Å². The molecule has 0 saturated heterocycles. The number of esters is 1. The molecule has 154 valence electrons. The maximum absolute atomic E-state index is 12.3. The summed E-state index contributed by atoms with van der Waals surface area (Å²) in [7, 11) is 0. The zero-order valence-corrected chi connectivity index (χ0v) is 17.8. The van der Waals surface area contributed by atoms with Crippen molar-refractivity contribution in [2.75, 3.05) is 6.61 Å². The molecule has 5 heteroatoms. The van der Waals surface area contributed by atoms with Crippen LogP contribution in [0, 0.1) is 23.2 Å². The van der Waals surface area contributed by atoms with Crippen LogP contribution in [0.4, 0.5) is 0 Å². The molecule has 0 spiro atoms. The van der Waals surface area contributed by atoms with E-state index in [9.17, 15) is 10.1 Å². The summed E-state index contributed by atoms with van der Waals surface area (Å²) in [5.74, 6) is 0.813. The maximum atomic E-state index is 12.3. The van der Waals surface area contributed by atoms with Gasteiger partial charge in [0, 0.05) is 0 Å². The topological polar surface area (TPSA) is 59.3 Å². The highest BCUT2D eigenvalue weighted by Gasteiger charge is 2.17. The van der Waals surface area contributed by atoms with E-state index < -0.39 is 5.97 Å². The van der Waals surface area contributed by atoms with E-state index in [1.165, 1.54) is 6.07 Å². The van der Waals surface area contributed by atoms with E-state index in [-0.39, 0.29) is 12.5 Å². The van der Waals surface area contributed by atoms with E-state index in [1.54, 1.807) is 36.4 Å². The molecule has 4 nitrogen and oxygen atoms in total. The van der Waals surface area contributed by atoms with Crippen LogP contribution in [0.25, 0.3) is 0 Å². The van der Waals surface area contributed by atoms with Crippen LogP contribution in [0.5, 0.6) is 11.5 Å². The Balaban J connectivity index is 1.95. The molecule has 0 aromatic heterocycles. The fourth-order valence-corrected chi connectivity index (χ4v) is 3.58. The summed E-state index contributed by atoms with van der Waals surface area (Å²) in [6, 6.07) is 16.0. The van der Waals surface area contributed by atoms with Gasteiger partial charge in [-0.15, -0.1) is 0 Å². The summed E-state index contributed by atoms with van der Waals surface area (Å²) < 4.78 is 11.1. The largest absolute Gasteiger partial charge is 0.491 e. The number of carbonyl (C=O) groups excluding carboxylic acids is 1. The quantitative estimate of drug-likeness (QED) is 0.304. The minimum absolute atomic E-state index is 0.183. The van der Waals surface area contributed by atoms with Gasteiger partial charge in [-0.25, -0.2) is 4.79 Å². The van der Waals surface area contributed by atoms with Crippen molar-refractivity contribution in [3.8, 4) is 17.6 Å². The first-order valence-electron chi connectivity index (χ1n) is 10.2. The number of hydrogen-bond donors (Lipinski definition) is 0. The molecular weight excluding hydrogens is 386 g/mol. The van der Waals surface area contributed by atoms with Gasteiger partial charge in [-0.3, -0.25) is 0 Å². The SMILES string of the molecule is CCCC(CCC)CC(C#N)COc1ccc(C(=O)Oc2ccccc2)cc1Cl. The number of nitrogens with zero attached hydrogens (tertiary/aromatic N) is 1. The lowest BCUT2D eigenvalue weighted by atomic mass is 9.89. The second-order valence-electron chi connectivity index (χ2n) is 7.16. The predicted molar refractivity (Wildman–Crippen MR) is 115 cm³/mol. The molecule has 2 aromatic carbocycles.